The predicted octanol–water partition coefficient (Wildman–Crippen LogP) is 3.77. The number of aromatic amines is 1. The maximum atomic E-state index is 12.9. The number of amides is 1. The summed E-state index contributed by atoms with van der Waals surface area (Å²) in [6.07, 6.45) is 6.50. The number of carbonyl (C=O) groups is 1. The number of rotatable bonds is 3. The van der Waals surface area contributed by atoms with Gasteiger partial charge in [0.15, 0.2) is 0 Å². The first-order valence-corrected chi connectivity index (χ1v) is 9.55. The van der Waals surface area contributed by atoms with Gasteiger partial charge in [0.25, 0.3) is 0 Å². The standard InChI is InChI=1S/C18H19BrClN3O/c19-14-2-1-11(16(20)9-14)7-12-5-6-23(18(12)24)15-3-4-17-13(8-15)10-21-22-17/h1-2,9-10,12,15H,3-8H2,(H,21,22). The van der Waals surface area contributed by atoms with Crippen LogP contribution in [0.15, 0.2) is 28.9 Å². The maximum Gasteiger partial charge on any atom is 0.226 e. The molecule has 1 N–H and O–H groups in total. The lowest BCUT2D eigenvalue weighted by Crippen LogP contribution is -2.41. The molecule has 1 aromatic heterocycles. The highest BCUT2D eigenvalue weighted by molar-refractivity contribution is 9.10. The summed E-state index contributed by atoms with van der Waals surface area (Å²) in [4.78, 5) is 15.0. The Morgan fingerprint density at radius 2 is 2.25 bits per heavy atom. The summed E-state index contributed by atoms with van der Waals surface area (Å²) in [7, 11) is 0. The van der Waals surface area contributed by atoms with E-state index < -0.39 is 0 Å². The molecule has 2 aromatic rings. The molecule has 1 aromatic carbocycles. The van der Waals surface area contributed by atoms with E-state index in [1.54, 1.807) is 0 Å². The Morgan fingerprint density at radius 3 is 3.08 bits per heavy atom. The van der Waals surface area contributed by atoms with Gasteiger partial charge in [0.2, 0.25) is 5.91 Å². The third kappa shape index (κ3) is 3.00. The normalized spacial score (nSPS) is 23.6. The number of likely N-dealkylation sites (tertiary alicyclic amines) is 1. The summed E-state index contributed by atoms with van der Waals surface area (Å²) in [5.41, 5.74) is 3.48. The van der Waals surface area contributed by atoms with Gasteiger partial charge in [0, 0.05) is 34.2 Å². The monoisotopic (exact) mass is 407 g/mol. The van der Waals surface area contributed by atoms with Crippen molar-refractivity contribution in [3.8, 4) is 0 Å². The van der Waals surface area contributed by atoms with Gasteiger partial charge in [-0.2, -0.15) is 5.10 Å². The van der Waals surface area contributed by atoms with E-state index in [0.29, 0.717) is 6.04 Å². The Hall–Kier alpha value is -1.33. The molecule has 1 aliphatic heterocycles. The van der Waals surface area contributed by atoms with Crippen molar-refractivity contribution < 1.29 is 4.79 Å². The second-order valence-corrected chi connectivity index (χ2v) is 8.03. The summed E-state index contributed by atoms with van der Waals surface area (Å²) < 4.78 is 0.966. The third-order valence-corrected chi connectivity index (χ3v) is 6.10. The number of H-pyrrole nitrogens is 1. The SMILES string of the molecule is O=C1C(Cc2ccc(Br)cc2Cl)CCN1C1CCc2n[nH]cc2C1. The topological polar surface area (TPSA) is 49.0 Å². The van der Waals surface area contributed by atoms with Crippen LogP contribution in [0.1, 0.15) is 29.7 Å². The van der Waals surface area contributed by atoms with Crippen molar-refractivity contribution in [2.75, 3.05) is 6.54 Å². The van der Waals surface area contributed by atoms with E-state index in [1.165, 1.54) is 5.56 Å². The summed E-state index contributed by atoms with van der Waals surface area (Å²) in [6.45, 7) is 0.857. The number of hydrogen-bond acceptors (Lipinski definition) is 2. The minimum absolute atomic E-state index is 0.0504. The first-order valence-electron chi connectivity index (χ1n) is 8.38. The Kier molecular flexibility index (Phi) is 4.39. The highest BCUT2D eigenvalue weighted by Crippen LogP contribution is 2.32. The number of carbonyl (C=O) groups excluding carboxylic acids is 1. The number of nitrogens with one attached hydrogen (secondary N) is 1. The van der Waals surface area contributed by atoms with Crippen LogP contribution in [0.5, 0.6) is 0 Å². The van der Waals surface area contributed by atoms with Gasteiger partial charge in [0.1, 0.15) is 0 Å². The van der Waals surface area contributed by atoms with Gasteiger partial charge in [-0.15, -0.1) is 0 Å². The number of fused-ring (bicyclic) bond motifs is 1. The van der Waals surface area contributed by atoms with Crippen LogP contribution in [-0.2, 0) is 24.1 Å². The molecular formula is C18H19BrClN3O. The molecule has 1 aliphatic carbocycles. The summed E-state index contributed by atoms with van der Waals surface area (Å²) in [5.74, 6) is 0.334. The number of hydrogen-bond donors (Lipinski definition) is 1. The van der Waals surface area contributed by atoms with E-state index >= 15 is 0 Å². The van der Waals surface area contributed by atoms with Crippen molar-refractivity contribution in [3.05, 3.63) is 50.7 Å². The molecule has 1 amide bonds. The minimum atomic E-state index is 0.0504. The van der Waals surface area contributed by atoms with Crippen LogP contribution >= 0.6 is 27.5 Å². The first-order chi connectivity index (χ1) is 11.6. The molecule has 126 valence electrons. The Morgan fingerprint density at radius 1 is 1.38 bits per heavy atom. The molecule has 2 atom stereocenters. The van der Waals surface area contributed by atoms with Crippen LogP contribution in [0.2, 0.25) is 5.02 Å². The zero-order valence-electron chi connectivity index (χ0n) is 13.3. The largest absolute Gasteiger partial charge is 0.339 e. The van der Waals surface area contributed by atoms with Crippen LogP contribution in [0, 0.1) is 5.92 Å². The van der Waals surface area contributed by atoms with Gasteiger partial charge in [-0.3, -0.25) is 9.89 Å². The van der Waals surface area contributed by atoms with Gasteiger partial charge in [-0.25, -0.2) is 0 Å². The highest BCUT2D eigenvalue weighted by atomic mass is 79.9. The number of nitrogens with zero attached hydrogens (tertiary/aromatic N) is 2. The molecule has 2 aliphatic rings. The molecule has 4 rings (SSSR count). The predicted molar refractivity (Wildman–Crippen MR) is 97.1 cm³/mol. The van der Waals surface area contributed by atoms with Crippen LogP contribution in [-0.4, -0.2) is 33.6 Å². The van der Waals surface area contributed by atoms with Crippen LogP contribution in [0.4, 0.5) is 0 Å². The minimum Gasteiger partial charge on any atom is -0.339 e. The van der Waals surface area contributed by atoms with Crippen LogP contribution in [0.3, 0.4) is 0 Å². The zero-order valence-corrected chi connectivity index (χ0v) is 15.6. The fourth-order valence-electron chi connectivity index (χ4n) is 3.93. The van der Waals surface area contributed by atoms with Gasteiger partial charge >= 0.3 is 0 Å². The molecule has 2 unspecified atom stereocenters. The van der Waals surface area contributed by atoms with Crippen molar-refractivity contribution in [2.45, 2.75) is 38.1 Å². The second kappa shape index (κ2) is 6.52. The average molecular weight is 409 g/mol. The molecule has 2 heterocycles. The quantitative estimate of drug-likeness (QED) is 0.840. The van der Waals surface area contributed by atoms with Crippen molar-refractivity contribution in [1.29, 1.82) is 0 Å². The number of aromatic nitrogens is 2. The van der Waals surface area contributed by atoms with Gasteiger partial charge in [0.05, 0.1) is 5.69 Å². The summed E-state index contributed by atoms with van der Waals surface area (Å²) >= 11 is 9.74. The number of halogens is 2. The van der Waals surface area contributed by atoms with Crippen molar-refractivity contribution in [2.24, 2.45) is 5.92 Å². The van der Waals surface area contributed by atoms with Gasteiger partial charge < -0.3 is 4.90 Å². The van der Waals surface area contributed by atoms with Gasteiger partial charge in [-0.1, -0.05) is 33.6 Å². The number of benzene rings is 1. The van der Waals surface area contributed by atoms with E-state index in [2.05, 4.69) is 31.0 Å². The average Bonchev–Trinajstić information content (AvgIpc) is 3.16. The number of aryl methyl sites for hydroxylation is 1. The molecular weight excluding hydrogens is 390 g/mol. The lowest BCUT2D eigenvalue weighted by atomic mass is 9.92. The second-order valence-electron chi connectivity index (χ2n) is 6.71. The fourth-order valence-corrected chi connectivity index (χ4v) is 4.68. The molecule has 0 saturated carbocycles. The molecule has 1 saturated heterocycles. The Bertz CT molecular complexity index is 775. The van der Waals surface area contributed by atoms with Crippen LogP contribution in [0.25, 0.3) is 0 Å². The first kappa shape index (κ1) is 16.2. The van der Waals surface area contributed by atoms with E-state index in [1.807, 2.05) is 24.4 Å². The molecule has 6 heteroatoms. The highest BCUT2D eigenvalue weighted by Gasteiger charge is 2.37. The zero-order chi connectivity index (χ0) is 16.7. The molecule has 24 heavy (non-hydrogen) atoms. The van der Waals surface area contributed by atoms with E-state index in [4.69, 9.17) is 11.6 Å². The summed E-state index contributed by atoms with van der Waals surface area (Å²) in [5, 5.41) is 7.95. The Balaban J connectivity index is 1.45. The van der Waals surface area contributed by atoms with Gasteiger partial charge in [-0.05, 0) is 55.4 Å². The molecule has 4 nitrogen and oxygen atoms in total. The van der Waals surface area contributed by atoms with E-state index in [9.17, 15) is 4.79 Å². The van der Waals surface area contributed by atoms with E-state index in [0.717, 1.165) is 59.4 Å². The fraction of sp³-hybridized carbons (Fsp3) is 0.444. The molecule has 1 fully saturated rings. The van der Waals surface area contributed by atoms with Crippen molar-refractivity contribution >= 4 is 33.4 Å². The molecule has 0 spiro atoms. The lowest BCUT2D eigenvalue weighted by Gasteiger charge is -2.31. The van der Waals surface area contributed by atoms with E-state index in [-0.39, 0.29) is 11.8 Å². The van der Waals surface area contributed by atoms with Crippen molar-refractivity contribution in [1.82, 2.24) is 15.1 Å². The molecule has 0 bridgehead atoms. The molecule has 0 radical (unpaired) electrons. The Labute approximate surface area is 154 Å². The van der Waals surface area contributed by atoms with Crippen LogP contribution < -0.4 is 0 Å². The van der Waals surface area contributed by atoms with Crippen molar-refractivity contribution in [3.63, 3.8) is 0 Å². The lowest BCUT2D eigenvalue weighted by molar-refractivity contribution is -0.133. The summed E-state index contributed by atoms with van der Waals surface area (Å²) in [6, 6.07) is 6.21. The third-order valence-electron chi connectivity index (χ3n) is 5.25. The smallest absolute Gasteiger partial charge is 0.226 e. The maximum absolute atomic E-state index is 12.9.